The fourth-order valence-electron chi connectivity index (χ4n) is 4.47. The lowest BCUT2D eigenvalue weighted by Gasteiger charge is -2.43. The van der Waals surface area contributed by atoms with Crippen LogP contribution < -0.4 is 4.90 Å². The van der Waals surface area contributed by atoms with Gasteiger partial charge in [0.1, 0.15) is 5.60 Å². The van der Waals surface area contributed by atoms with Crippen molar-refractivity contribution < 1.29 is 19.0 Å². The molecule has 4 aliphatic rings. The van der Waals surface area contributed by atoms with Crippen molar-refractivity contribution in [3.8, 4) is 0 Å². The van der Waals surface area contributed by atoms with Crippen molar-refractivity contribution in [2.45, 2.75) is 5.60 Å². The molecule has 1 aliphatic carbocycles. The third-order valence-electron chi connectivity index (χ3n) is 5.84. The molecule has 136 valence electrons. The quantitative estimate of drug-likeness (QED) is 0.759. The number of hydrogen-bond donors (Lipinski definition) is 0. The Morgan fingerprint density at radius 2 is 2.08 bits per heavy atom. The van der Waals surface area contributed by atoms with E-state index in [1.807, 2.05) is 16.5 Å². The Hall–Kier alpha value is -1.22. The van der Waals surface area contributed by atoms with Gasteiger partial charge in [-0.2, -0.15) is 0 Å². The van der Waals surface area contributed by atoms with Gasteiger partial charge in [0.2, 0.25) is 5.91 Å². The lowest BCUT2D eigenvalue weighted by Crippen LogP contribution is -2.60. The number of aromatic nitrogens is 1. The molecule has 1 amide bonds. The predicted octanol–water partition coefficient (Wildman–Crippen LogP) is 0.470. The van der Waals surface area contributed by atoms with Gasteiger partial charge in [-0.3, -0.25) is 4.79 Å². The summed E-state index contributed by atoms with van der Waals surface area (Å²) in [6, 6.07) is 0. The van der Waals surface area contributed by atoms with E-state index in [0.717, 1.165) is 24.9 Å². The van der Waals surface area contributed by atoms with Gasteiger partial charge in [0.25, 0.3) is 0 Å². The van der Waals surface area contributed by atoms with Crippen LogP contribution >= 0.6 is 11.3 Å². The first kappa shape index (κ1) is 16.0. The lowest BCUT2D eigenvalue weighted by atomic mass is 10.0. The number of hydrogen-bond acceptors (Lipinski definition) is 7. The Morgan fingerprint density at radius 1 is 1.20 bits per heavy atom. The van der Waals surface area contributed by atoms with E-state index in [0.29, 0.717) is 51.3 Å². The summed E-state index contributed by atoms with van der Waals surface area (Å²) in [5.41, 5.74) is -0.462. The number of rotatable bonds is 2. The summed E-state index contributed by atoms with van der Waals surface area (Å²) in [7, 11) is 0. The van der Waals surface area contributed by atoms with Crippen molar-refractivity contribution in [3.63, 3.8) is 0 Å². The molecule has 1 spiro atoms. The first-order valence-corrected chi connectivity index (χ1v) is 9.86. The van der Waals surface area contributed by atoms with E-state index in [2.05, 4.69) is 9.88 Å². The van der Waals surface area contributed by atoms with E-state index in [-0.39, 0.29) is 11.8 Å². The van der Waals surface area contributed by atoms with Crippen LogP contribution in [0.5, 0.6) is 0 Å². The molecular weight excluding hydrogens is 342 g/mol. The minimum Gasteiger partial charge on any atom is -0.381 e. The molecule has 3 aliphatic heterocycles. The maximum absolute atomic E-state index is 12.9. The van der Waals surface area contributed by atoms with Crippen LogP contribution in [0.1, 0.15) is 0 Å². The summed E-state index contributed by atoms with van der Waals surface area (Å²) < 4.78 is 17.5. The summed E-state index contributed by atoms with van der Waals surface area (Å²) in [5, 5.41) is 2.98. The molecule has 3 saturated heterocycles. The van der Waals surface area contributed by atoms with Crippen molar-refractivity contribution in [2.75, 3.05) is 64.1 Å². The molecule has 0 N–H and O–H groups in total. The van der Waals surface area contributed by atoms with Crippen LogP contribution in [0.3, 0.4) is 0 Å². The highest BCUT2D eigenvalue weighted by Crippen LogP contribution is 2.51. The predicted molar refractivity (Wildman–Crippen MR) is 91.7 cm³/mol. The zero-order valence-electron chi connectivity index (χ0n) is 14.1. The van der Waals surface area contributed by atoms with Crippen molar-refractivity contribution in [3.05, 3.63) is 11.6 Å². The standard InChI is InChI=1S/C17H23N3O4S/c21-15(14-12-7-23-8-13(12)14)19-3-5-24-17(9-19)10-20(2-4-22-11-17)16-18-1-6-25-16/h1,6,12-14H,2-5,7-11H2/t12-,13+,14?,17?. The third-order valence-corrected chi connectivity index (χ3v) is 6.67. The van der Waals surface area contributed by atoms with E-state index in [4.69, 9.17) is 14.2 Å². The molecule has 2 unspecified atom stereocenters. The van der Waals surface area contributed by atoms with E-state index in [9.17, 15) is 4.79 Å². The Bertz CT molecular complexity index is 632. The fourth-order valence-corrected chi connectivity index (χ4v) is 5.14. The highest BCUT2D eigenvalue weighted by Gasteiger charge is 2.59. The number of nitrogens with zero attached hydrogens (tertiary/aromatic N) is 3. The topological polar surface area (TPSA) is 64.1 Å². The number of ether oxygens (including phenoxy) is 3. The minimum atomic E-state index is -0.462. The van der Waals surface area contributed by atoms with Crippen LogP contribution in [-0.4, -0.2) is 80.6 Å². The summed E-state index contributed by atoms with van der Waals surface area (Å²) in [4.78, 5) is 21.6. The van der Waals surface area contributed by atoms with Crippen LogP contribution in [0, 0.1) is 17.8 Å². The first-order chi connectivity index (χ1) is 12.3. The number of fused-ring (bicyclic) bond motifs is 1. The van der Waals surface area contributed by atoms with Gasteiger partial charge in [0, 0.05) is 30.6 Å². The normalized spacial score (nSPS) is 37.8. The molecule has 0 radical (unpaired) electrons. The van der Waals surface area contributed by atoms with Crippen LogP contribution in [0.25, 0.3) is 0 Å². The highest BCUT2D eigenvalue weighted by molar-refractivity contribution is 7.13. The van der Waals surface area contributed by atoms with Crippen molar-refractivity contribution >= 4 is 22.4 Å². The molecule has 25 heavy (non-hydrogen) atoms. The van der Waals surface area contributed by atoms with Gasteiger partial charge in [-0.05, 0) is 11.8 Å². The molecular formula is C17H23N3O4S. The number of morpholine rings is 1. The zero-order valence-corrected chi connectivity index (χ0v) is 15.0. The summed E-state index contributed by atoms with van der Waals surface area (Å²) in [5.74, 6) is 1.35. The maximum atomic E-state index is 12.9. The van der Waals surface area contributed by atoms with Gasteiger partial charge in [-0.1, -0.05) is 0 Å². The van der Waals surface area contributed by atoms with Gasteiger partial charge < -0.3 is 24.0 Å². The van der Waals surface area contributed by atoms with Crippen molar-refractivity contribution in [1.29, 1.82) is 0 Å². The molecule has 5 rings (SSSR count). The Balaban J connectivity index is 1.31. The minimum absolute atomic E-state index is 0.172. The van der Waals surface area contributed by atoms with E-state index in [1.165, 1.54) is 0 Å². The summed E-state index contributed by atoms with van der Waals surface area (Å²) in [6.07, 6.45) is 1.82. The smallest absolute Gasteiger partial charge is 0.226 e. The second-order valence-electron chi connectivity index (χ2n) is 7.47. The molecule has 1 aromatic heterocycles. The zero-order chi connectivity index (χ0) is 16.9. The Morgan fingerprint density at radius 3 is 2.88 bits per heavy atom. The molecule has 0 aromatic carbocycles. The van der Waals surface area contributed by atoms with Gasteiger partial charge in [-0.15, -0.1) is 11.3 Å². The largest absolute Gasteiger partial charge is 0.381 e. The summed E-state index contributed by atoms with van der Waals surface area (Å²) in [6.45, 7) is 6.04. The average molecular weight is 365 g/mol. The van der Waals surface area contributed by atoms with E-state index >= 15 is 0 Å². The molecule has 4 atom stereocenters. The number of carbonyl (C=O) groups excluding carboxylic acids is 1. The second kappa shape index (κ2) is 6.19. The third kappa shape index (κ3) is 2.85. The fraction of sp³-hybridized carbons (Fsp3) is 0.765. The average Bonchev–Trinajstić information content (AvgIpc) is 2.99. The molecule has 8 heteroatoms. The van der Waals surface area contributed by atoms with Crippen molar-refractivity contribution in [2.24, 2.45) is 17.8 Å². The van der Waals surface area contributed by atoms with E-state index in [1.54, 1.807) is 11.3 Å². The Kier molecular flexibility index (Phi) is 3.96. The van der Waals surface area contributed by atoms with Crippen LogP contribution in [-0.2, 0) is 19.0 Å². The van der Waals surface area contributed by atoms with Gasteiger partial charge >= 0.3 is 0 Å². The number of anilines is 1. The Labute approximate surface area is 150 Å². The van der Waals surface area contributed by atoms with Gasteiger partial charge in [-0.25, -0.2) is 4.98 Å². The van der Waals surface area contributed by atoms with Crippen molar-refractivity contribution in [1.82, 2.24) is 9.88 Å². The molecule has 1 aromatic rings. The van der Waals surface area contributed by atoms with Crippen LogP contribution in [0.15, 0.2) is 11.6 Å². The number of carbonyl (C=O) groups is 1. The van der Waals surface area contributed by atoms with Gasteiger partial charge in [0.05, 0.1) is 46.1 Å². The molecule has 7 nitrogen and oxygen atoms in total. The van der Waals surface area contributed by atoms with E-state index < -0.39 is 5.60 Å². The number of amides is 1. The van der Waals surface area contributed by atoms with Crippen LogP contribution in [0.4, 0.5) is 5.13 Å². The molecule has 0 bridgehead atoms. The molecule has 1 saturated carbocycles. The second-order valence-corrected chi connectivity index (χ2v) is 8.34. The first-order valence-electron chi connectivity index (χ1n) is 8.98. The van der Waals surface area contributed by atoms with Crippen LogP contribution in [0.2, 0.25) is 0 Å². The molecule has 4 fully saturated rings. The monoisotopic (exact) mass is 365 g/mol. The lowest BCUT2D eigenvalue weighted by molar-refractivity contribution is -0.159. The summed E-state index contributed by atoms with van der Waals surface area (Å²) >= 11 is 1.63. The maximum Gasteiger partial charge on any atom is 0.226 e. The SMILES string of the molecule is O=C(C1[C@H]2COC[C@@H]12)N1CCOC2(COCCN(c3nccs3)C2)C1. The highest BCUT2D eigenvalue weighted by atomic mass is 32.1. The van der Waals surface area contributed by atoms with Gasteiger partial charge in [0.15, 0.2) is 5.13 Å². The molecule has 4 heterocycles. The number of thiazole rings is 1.